The van der Waals surface area contributed by atoms with Gasteiger partial charge in [0.25, 0.3) is 0 Å². The minimum Gasteiger partial charge on any atom is -0.323 e. The molecule has 0 aliphatic heterocycles. The molecule has 0 amide bonds. The van der Waals surface area contributed by atoms with E-state index in [4.69, 9.17) is 0 Å². The Labute approximate surface area is 231 Å². The molecule has 183 valence electrons. The summed E-state index contributed by atoms with van der Waals surface area (Å²) in [6.45, 7) is 22.5. The first-order chi connectivity index (χ1) is 15.0. The zero-order valence-corrected chi connectivity index (χ0v) is 25.8. The van der Waals surface area contributed by atoms with Crippen molar-refractivity contribution in [2.24, 2.45) is 56.7 Å². The van der Waals surface area contributed by atoms with Crippen LogP contribution in [0.3, 0.4) is 0 Å². The molecule has 0 aromatic carbocycles. The van der Waals surface area contributed by atoms with Crippen LogP contribution in [0.1, 0.15) is 113 Å². The second-order valence-electron chi connectivity index (χ2n) is 14.5. The van der Waals surface area contributed by atoms with Gasteiger partial charge in [-0.25, -0.2) is 0 Å². The molecule has 9 atom stereocenters. The fourth-order valence-electron chi connectivity index (χ4n) is 11.7. The van der Waals surface area contributed by atoms with Crippen LogP contribution < -0.4 is 0 Å². The van der Waals surface area contributed by atoms with Gasteiger partial charge in [-0.3, -0.25) is 0 Å². The summed E-state index contributed by atoms with van der Waals surface area (Å²) in [4.78, 5) is 0. The van der Waals surface area contributed by atoms with Gasteiger partial charge in [-0.15, -0.1) is 0 Å². The largest absolute Gasteiger partial charge is 0.323 e. The van der Waals surface area contributed by atoms with Crippen LogP contribution >= 0.6 is 0 Å². The minimum atomic E-state index is 0. The third-order valence-electron chi connectivity index (χ3n) is 13.1. The SMILES string of the molecule is C=C(C)C1CCC2(C=CC)CCC3(C)C(CCC4C5(C)CC[CH-]C(C)(C)C5CCC43C)C12.[Y]. The molecule has 5 aliphatic rings. The molecule has 0 spiro atoms. The normalized spacial score (nSPS) is 52.8. The Bertz CT molecular complexity index is 807. The average molecular weight is 525 g/mol. The molecule has 0 aromatic heterocycles. The van der Waals surface area contributed by atoms with Gasteiger partial charge < -0.3 is 6.42 Å². The molecule has 5 rings (SSSR count). The van der Waals surface area contributed by atoms with E-state index in [1.165, 1.54) is 69.8 Å². The Balaban J connectivity index is 0.00000259. The van der Waals surface area contributed by atoms with Crippen LogP contribution in [-0.2, 0) is 32.7 Å². The molecule has 0 nitrogen and oxygen atoms in total. The third-order valence-corrected chi connectivity index (χ3v) is 13.1. The molecule has 0 N–H and O–H groups in total. The number of hydrogen-bond acceptors (Lipinski definition) is 0. The topological polar surface area (TPSA) is 0 Å². The van der Waals surface area contributed by atoms with Gasteiger partial charge in [0.2, 0.25) is 0 Å². The van der Waals surface area contributed by atoms with Crippen molar-refractivity contribution >= 4 is 0 Å². The van der Waals surface area contributed by atoms with Crippen molar-refractivity contribution in [3.63, 3.8) is 0 Å². The van der Waals surface area contributed by atoms with E-state index in [2.05, 4.69) is 73.6 Å². The van der Waals surface area contributed by atoms with E-state index in [0.29, 0.717) is 27.1 Å². The molecule has 0 aromatic rings. The molecule has 0 heterocycles. The van der Waals surface area contributed by atoms with Gasteiger partial charge in [-0.1, -0.05) is 77.7 Å². The number of hydrogen-bond donors (Lipinski definition) is 0. The maximum absolute atomic E-state index is 4.53. The van der Waals surface area contributed by atoms with Crippen LogP contribution in [0.5, 0.6) is 0 Å². The van der Waals surface area contributed by atoms with Gasteiger partial charge in [0, 0.05) is 32.7 Å². The van der Waals surface area contributed by atoms with Gasteiger partial charge in [0.05, 0.1) is 0 Å². The predicted octanol–water partition coefficient (Wildman–Crippen LogP) is 9.42. The van der Waals surface area contributed by atoms with Crippen molar-refractivity contribution in [2.45, 2.75) is 113 Å². The Morgan fingerprint density at radius 3 is 2.24 bits per heavy atom. The molecule has 5 aliphatic carbocycles. The summed E-state index contributed by atoms with van der Waals surface area (Å²) < 4.78 is 0. The molecule has 5 fully saturated rings. The van der Waals surface area contributed by atoms with Crippen molar-refractivity contribution in [1.82, 2.24) is 0 Å². The van der Waals surface area contributed by atoms with Crippen LogP contribution in [0.15, 0.2) is 24.3 Å². The molecule has 33 heavy (non-hydrogen) atoms. The van der Waals surface area contributed by atoms with Gasteiger partial charge in [0.15, 0.2) is 0 Å². The van der Waals surface area contributed by atoms with Crippen molar-refractivity contribution < 1.29 is 32.7 Å². The molecule has 0 saturated heterocycles. The number of fused-ring (bicyclic) bond motifs is 7. The first kappa shape index (κ1) is 26.6. The molecular weight excluding hydrogens is 473 g/mol. The van der Waals surface area contributed by atoms with Crippen LogP contribution in [0.25, 0.3) is 0 Å². The fraction of sp³-hybridized carbons (Fsp3) is 0.844. The molecule has 1 radical (unpaired) electrons. The van der Waals surface area contributed by atoms with Gasteiger partial charge in [-0.2, -0.15) is 11.8 Å². The van der Waals surface area contributed by atoms with Gasteiger partial charge >= 0.3 is 0 Å². The first-order valence-electron chi connectivity index (χ1n) is 14.1. The van der Waals surface area contributed by atoms with Crippen LogP contribution in [0.4, 0.5) is 0 Å². The van der Waals surface area contributed by atoms with Crippen molar-refractivity contribution in [2.75, 3.05) is 0 Å². The van der Waals surface area contributed by atoms with E-state index in [9.17, 15) is 0 Å². The van der Waals surface area contributed by atoms with E-state index < -0.39 is 0 Å². The van der Waals surface area contributed by atoms with Gasteiger partial charge in [-0.05, 0) is 104 Å². The smallest absolute Gasteiger partial charge is 0 e. The molecule has 5 saturated carbocycles. The molecule has 1 heteroatoms. The van der Waals surface area contributed by atoms with Crippen LogP contribution in [-0.4, -0.2) is 0 Å². The summed E-state index contributed by atoms with van der Waals surface area (Å²) in [5, 5.41) is 0. The molecule has 0 bridgehead atoms. The van der Waals surface area contributed by atoms with E-state index >= 15 is 0 Å². The number of rotatable bonds is 2. The standard InChI is InChI=1S/C32H51.Y/c1-9-15-32-19-13-23(22(2)3)27(32)24-11-12-26-29(6)17-10-16-28(4,5)25(29)14-18-31(26,8)30(24,7)20-21-32;/h9,15-16,23-27H,2,10-14,17-21H2,1,3-8H3;/q-1;. The summed E-state index contributed by atoms with van der Waals surface area (Å²) in [7, 11) is 0. The third kappa shape index (κ3) is 3.48. The van der Waals surface area contributed by atoms with Crippen LogP contribution in [0, 0.1) is 63.1 Å². The summed E-state index contributed by atoms with van der Waals surface area (Å²) in [6.07, 6.45) is 22.0. The summed E-state index contributed by atoms with van der Waals surface area (Å²) >= 11 is 0. The van der Waals surface area contributed by atoms with Crippen molar-refractivity contribution in [3.8, 4) is 0 Å². The predicted molar refractivity (Wildman–Crippen MR) is 138 cm³/mol. The molecule has 9 unspecified atom stereocenters. The maximum atomic E-state index is 4.53. The Kier molecular flexibility index (Phi) is 6.92. The van der Waals surface area contributed by atoms with Crippen molar-refractivity contribution in [1.29, 1.82) is 0 Å². The number of allylic oxidation sites excluding steroid dienone is 3. The van der Waals surface area contributed by atoms with Crippen molar-refractivity contribution in [3.05, 3.63) is 30.7 Å². The summed E-state index contributed by atoms with van der Waals surface area (Å²) in [5.74, 6) is 4.23. The Hall–Kier alpha value is 0.584. The van der Waals surface area contributed by atoms with E-state index in [1.54, 1.807) is 0 Å². The average Bonchev–Trinajstić information content (AvgIpc) is 3.08. The quantitative estimate of drug-likeness (QED) is 0.249. The molecular formula is C32H51Y-. The summed E-state index contributed by atoms with van der Waals surface area (Å²) in [5.41, 5.74) is 3.85. The zero-order chi connectivity index (χ0) is 23.2. The Morgan fingerprint density at radius 1 is 0.848 bits per heavy atom. The van der Waals surface area contributed by atoms with E-state index in [-0.39, 0.29) is 32.7 Å². The maximum Gasteiger partial charge on any atom is 0 e. The zero-order valence-electron chi connectivity index (χ0n) is 23.0. The van der Waals surface area contributed by atoms with Gasteiger partial charge in [0.1, 0.15) is 0 Å². The van der Waals surface area contributed by atoms with E-state index in [0.717, 1.165) is 29.6 Å². The summed E-state index contributed by atoms with van der Waals surface area (Å²) in [6, 6.07) is 0. The first-order valence-corrected chi connectivity index (χ1v) is 14.1. The minimum absolute atomic E-state index is 0. The Morgan fingerprint density at radius 2 is 1.58 bits per heavy atom. The second kappa shape index (κ2) is 8.57. The van der Waals surface area contributed by atoms with E-state index in [1.807, 2.05) is 0 Å². The second-order valence-corrected chi connectivity index (χ2v) is 14.5. The van der Waals surface area contributed by atoms with Crippen LogP contribution in [0.2, 0.25) is 0 Å². The fourth-order valence-corrected chi connectivity index (χ4v) is 11.7. The monoisotopic (exact) mass is 524 g/mol.